The van der Waals surface area contributed by atoms with Crippen molar-refractivity contribution in [2.45, 2.75) is 38.8 Å². The minimum Gasteiger partial charge on any atom is -0.346 e. The van der Waals surface area contributed by atoms with Gasteiger partial charge >= 0.3 is 0 Å². The number of hydrogen-bond acceptors (Lipinski definition) is 8. The normalized spacial score (nSPS) is 16.9. The number of amides is 2. The van der Waals surface area contributed by atoms with Crippen LogP contribution in [0.25, 0.3) is 10.1 Å². The second kappa shape index (κ2) is 11.3. The van der Waals surface area contributed by atoms with Crippen LogP contribution in [0.15, 0.2) is 42.5 Å². The highest BCUT2D eigenvalue weighted by molar-refractivity contribution is 7.91. The van der Waals surface area contributed by atoms with E-state index in [1.165, 1.54) is 29.7 Å². The molecule has 10 nitrogen and oxygen atoms in total. The van der Waals surface area contributed by atoms with Crippen molar-refractivity contribution in [1.82, 2.24) is 19.2 Å². The molecule has 2 N–H and O–H groups in total. The SMILES string of the molecule is CC(=O)Cn1c(C(=O)N[C@H]2CCS(=O)(=O)C2)nc(NC(=O)c2nsc3ccccc23)c1[C@H](C)c1cc(F)ccc1Cl. The number of imidazole rings is 1. The van der Waals surface area contributed by atoms with E-state index >= 15 is 0 Å². The number of nitrogens with one attached hydrogen (secondary N) is 2. The number of hydrogen-bond donors (Lipinski definition) is 2. The Labute approximate surface area is 244 Å². The Bertz CT molecular complexity index is 1800. The second-order valence-electron chi connectivity index (χ2n) is 9.90. The summed E-state index contributed by atoms with van der Waals surface area (Å²) in [6.45, 7) is 2.72. The number of anilines is 1. The molecule has 1 aliphatic rings. The Morgan fingerprint density at radius 3 is 2.66 bits per heavy atom. The van der Waals surface area contributed by atoms with Crippen LogP contribution in [0.1, 0.15) is 58.6 Å². The van der Waals surface area contributed by atoms with Gasteiger partial charge in [0.05, 0.1) is 28.4 Å². The van der Waals surface area contributed by atoms with E-state index in [0.29, 0.717) is 10.9 Å². The van der Waals surface area contributed by atoms with Crippen LogP contribution >= 0.6 is 23.1 Å². The summed E-state index contributed by atoms with van der Waals surface area (Å²) in [5, 5.41) is 6.28. The molecule has 214 valence electrons. The largest absolute Gasteiger partial charge is 0.346 e. The number of nitrogens with zero attached hydrogens (tertiary/aromatic N) is 3. The number of fused-ring (bicyclic) bond motifs is 1. The lowest BCUT2D eigenvalue weighted by Gasteiger charge is -2.19. The lowest BCUT2D eigenvalue weighted by molar-refractivity contribution is -0.117. The molecule has 4 aromatic rings. The number of carbonyl (C=O) groups is 3. The smallest absolute Gasteiger partial charge is 0.287 e. The Kier molecular flexibility index (Phi) is 7.95. The first-order chi connectivity index (χ1) is 19.4. The van der Waals surface area contributed by atoms with Crippen LogP contribution in [0.2, 0.25) is 5.02 Å². The van der Waals surface area contributed by atoms with E-state index in [4.69, 9.17) is 11.6 Å². The fourth-order valence-electron chi connectivity index (χ4n) is 4.92. The summed E-state index contributed by atoms with van der Waals surface area (Å²) in [5.74, 6) is -3.42. The van der Waals surface area contributed by atoms with Gasteiger partial charge in [-0.1, -0.05) is 36.7 Å². The highest BCUT2D eigenvalue weighted by Gasteiger charge is 2.33. The van der Waals surface area contributed by atoms with Crippen LogP contribution in [-0.4, -0.2) is 57.5 Å². The molecule has 5 rings (SSSR count). The number of ketones is 1. The van der Waals surface area contributed by atoms with Gasteiger partial charge in [0.15, 0.2) is 15.7 Å². The van der Waals surface area contributed by atoms with E-state index in [0.717, 1.165) is 16.2 Å². The first kappa shape index (κ1) is 28.8. The van der Waals surface area contributed by atoms with Gasteiger partial charge in [0.2, 0.25) is 5.82 Å². The zero-order chi connectivity index (χ0) is 29.5. The van der Waals surface area contributed by atoms with Crippen molar-refractivity contribution < 1.29 is 27.2 Å². The highest BCUT2D eigenvalue weighted by atomic mass is 35.5. The number of rotatable bonds is 8. The van der Waals surface area contributed by atoms with Gasteiger partial charge in [-0.15, -0.1) is 0 Å². The van der Waals surface area contributed by atoms with Crippen LogP contribution in [0, 0.1) is 5.82 Å². The fourth-order valence-corrected chi connectivity index (χ4v) is 7.65. The number of halogens is 2. The lowest BCUT2D eigenvalue weighted by Crippen LogP contribution is -2.37. The molecule has 0 unspecified atom stereocenters. The summed E-state index contributed by atoms with van der Waals surface area (Å²) < 4.78 is 44.6. The number of carbonyl (C=O) groups excluding carboxylic acids is 3. The van der Waals surface area contributed by atoms with Crippen LogP contribution < -0.4 is 10.6 Å². The molecule has 0 saturated carbocycles. The van der Waals surface area contributed by atoms with E-state index in [1.54, 1.807) is 19.1 Å². The Morgan fingerprint density at radius 2 is 1.95 bits per heavy atom. The van der Waals surface area contributed by atoms with E-state index in [1.807, 2.05) is 12.1 Å². The molecule has 3 heterocycles. The molecule has 0 spiro atoms. The zero-order valence-electron chi connectivity index (χ0n) is 22.0. The fraction of sp³-hybridized carbons (Fsp3) is 0.296. The maximum absolute atomic E-state index is 14.3. The molecular weight excluding hydrogens is 593 g/mol. The van der Waals surface area contributed by atoms with Crippen LogP contribution in [0.5, 0.6) is 0 Å². The van der Waals surface area contributed by atoms with Gasteiger partial charge in [-0.3, -0.25) is 14.4 Å². The van der Waals surface area contributed by atoms with Crippen LogP contribution in [-0.2, 0) is 21.2 Å². The number of aromatic nitrogens is 3. The average Bonchev–Trinajstić information content (AvgIpc) is 3.59. The van der Waals surface area contributed by atoms with Crippen molar-refractivity contribution in [2.75, 3.05) is 16.8 Å². The van der Waals surface area contributed by atoms with Crippen LogP contribution in [0.4, 0.5) is 10.2 Å². The van der Waals surface area contributed by atoms with E-state index in [2.05, 4.69) is 20.0 Å². The summed E-state index contributed by atoms with van der Waals surface area (Å²) in [6, 6.07) is 10.4. The molecule has 1 fully saturated rings. The van der Waals surface area contributed by atoms with Gasteiger partial charge < -0.3 is 15.2 Å². The molecule has 2 aromatic heterocycles. The highest BCUT2D eigenvalue weighted by Crippen LogP contribution is 2.36. The summed E-state index contributed by atoms with van der Waals surface area (Å²) >= 11 is 7.57. The van der Waals surface area contributed by atoms with Gasteiger partial charge in [-0.2, -0.15) is 4.37 Å². The molecule has 2 aromatic carbocycles. The average molecular weight is 618 g/mol. The van der Waals surface area contributed by atoms with E-state index in [-0.39, 0.29) is 58.3 Å². The minimum atomic E-state index is -3.28. The van der Waals surface area contributed by atoms with Gasteiger partial charge in [-0.05, 0) is 54.7 Å². The summed E-state index contributed by atoms with van der Waals surface area (Å²) in [5.41, 5.74) is 0.737. The molecule has 0 bridgehead atoms. The summed E-state index contributed by atoms with van der Waals surface area (Å²) in [4.78, 5) is 43.7. The van der Waals surface area contributed by atoms with E-state index < -0.39 is 39.4 Å². The molecule has 1 saturated heterocycles. The first-order valence-corrected chi connectivity index (χ1v) is 15.6. The van der Waals surface area contributed by atoms with Crippen molar-refractivity contribution in [3.05, 3.63) is 76.1 Å². The Balaban J connectivity index is 1.61. The maximum atomic E-state index is 14.3. The monoisotopic (exact) mass is 617 g/mol. The molecule has 0 radical (unpaired) electrons. The number of sulfone groups is 1. The summed E-state index contributed by atoms with van der Waals surface area (Å²) in [7, 11) is -3.28. The van der Waals surface area contributed by atoms with Gasteiger partial charge in [0, 0.05) is 22.4 Å². The molecule has 41 heavy (non-hydrogen) atoms. The van der Waals surface area contributed by atoms with Crippen LogP contribution in [0.3, 0.4) is 0 Å². The molecular formula is C27H25ClFN5O5S2. The first-order valence-electron chi connectivity index (χ1n) is 12.7. The Hall–Kier alpha value is -3.68. The van der Waals surface area contributed by atoms with Gasteiger partial charge in [-0.25, -0.2) is 17.8 Å². The summed E-state index contributed by atoms with van der Waals surface area (Å²) in [6.07, 6.45) is 0.240. The molecule has 2 amide bonds. The Morgan fingerprint density at radius 1 is 1.20 bits per heavy atom. The number of Topliss-reactive ketones (excluding diaryl/α,β-unsaturated/α-hetero) is 1. The van der Waals surface area contributed by atoms with Crippen molar-refractivity contribution in [3.63, 3.8) is 0 Å². The zero-order valence-corrected chi connectivity index (χ0v) is 24.4. The third-order valence-corrected chi connectivity index (χ3v) is 9.76. The molecule has 0 aliphatic carbocycles. The van der Waals surface area contributed by atoms with Gasteiger partial charge in [0.25, 0.3) is 11.8 Å². The van der Waals surface area contributed by atoms with Crippen molar-refractivity contribution >= 4 is 66.5 Å². The van der Waals surface area contributed by atoms with Crippen molar-refractivity contribution in [3.8, 4) is 0 Å². The lowest BCUT2D eigenvalue weighted by atomic mass is 9.96. The second-order valence-corrected chi connectivity index (χ2v) is 13.3. The molecule has 1 aliphatic heterocycles. The standard InChI is InChI=1S/C27H25ClFN5O5S2/c1-14(35)12-34-23(15(2)19-11-16(29)7-8-20(19)28)24(31-25(34)27(37)30-17-9-10-41(38,39)13-17)32-26(36)22-18-5-3-4-6-21(18)40-33-22/h3-8,11,15,17H,9-10,12-13H2,1-2H3,(H,30,37)(H,32,36)/t15-,17+/m1/s1. The quantitative estimate of drug-likeness (QED) is 0.302. The predicted octanol–water partition coefficient (Wildman–Crippen LogP) is 4.20. The third-order valence-electron chi connectivity index (χ3n) is 6.82. The predicted molar refractivity (Wildman–Crippen MR) is 154 cm³/mol. The van der Waals surface area contributed by atoms with Crippen molar-refractivity contribution in [2.24, 2.45) is 0 Å². The molecule has 2 atom stereocenters. The minimum absolute atomic E-state index is 0.0367. The molecule has 14 heteroatoms. The van der Waals surface area contributed by atoms with E-state index in [9.17, 15) is 27.2 Å². The van der Waals surface area contributed by atoms with Gasteiger partial charge in [0.1, 0.15) is 17.3 Å². The van der Waals surface area contributed by atoms with Crippen molar-refractivity contribution in [1.29, 1.82) is 0 Å². The maximum Gasteiger partial charge on any atom is 0.287 e. The topological polar surface area (TPSA) is 140 Å². The number of benzene rings is 2. The third kappa shape index (κ3) is 6.02.